The molecule has 0 saturated carbocycles. The minimum absolute atomic E-state index is 0. The zero-order valence-corrected chi connectivity index (χ0v) is 15.7. The van der Waals surface area contributed by atoms with E-state index in [4.69, 9.17) is 4.74 Å². The smallest absolute Gasteiger partial charge is 0.319 e. The van der Waals surface area contributed by atoms with Gasteiger partial charge in [-0.25, -0.2) is 4.79 Å². The van der Waals surface area contributed by atoms with Crippen LogP contribution < -0.4 is 15.4 Å². The predicted octanol–water partition coefficient (Wildman–Crippen LogP) is 4.11. The minimum Gasteiger partial charge on any atom is -0.497 e. The standard InChI is InChI=1S/C21H27N3O2.2H2/c1-15-4-8-17(9-5-15)22-21(25)23-20-12-13-24(2)14-19(20)16-6-10-18(26-3)11-7-16;;/h4-11,19-20H,12-14H2,1-3H3,(H2,22,23,25);2*1H. The number of hydrogen-bond acceptors (Lipinski definition) is 3. The summed E-state index contributed by atoms with van der Waals surface area (Å²) in [6, 6.07) is 15.9. The second kappa shape index (κ2) is 8.23. The number of rotatable bonds is 4. The van der Waals surface area contributed by atoms with Gasteiger partial charge in [0.25, 0.3) is 0 Å². The van der Waals surface area contributed by atoms with Crippen molar-refractivity contribution in [3.8, 4) is 5.75 Å². The number of nitrogens with one attached hydrogen (secondary N) is 2. The number of nitrogens with zero attached hydrogens (tertiary/aromatic N) is 1. The van der Waals surface area contributed by atoms with E-state index in [-0.39, 0.29) is 20.8 Å². The van der Waals surface area contributed by atoms with E-state index in [9.17, 15) is 4.79 Å². The molecule has 5 heteroatoms. The first kappa shape index (κ1) is 18.3. The maximum absolute atomic E-state index is 12.5. The summed E-state index contributed by atoms with van der Waals surface area (Å²) in [7, 11) is 3.79. The van der Waals surface area contributed by atoms with Gasteiger partial charge >= 0.3 is 6.03 Å². The summed E-state index contributed by atoms with van der Waals surface area (Å²) in [5, 5.41) is 6.11. The Morgan fingerprint density at radius 2 is 1.85 bits per heavy atom. The lowest BCUT2D eigenvalue weighted by Gasteiger charge is -2.37. The monoisotopic (exact) mass is 357 g/mol. The van der Waals surface area contributed by atoms with Crippen molar-refractivity contribution in [3.63, 3.8) is 0 Å². The third-order valence-corrected chi connectivity index (χ3v) is 4.99. The number of ether oxygens (including phenoxy) is 1. The SMILES string of the molecule is COc1ccc(C2CN(C)CCC2NC(=O)Nc2ccc(C)cc2)cc1.[HH].[HH]. The van der Waals surface area contributed by atoms with Crippen LogP contribution in [0.15, 0.2) is 48.5 Å². The molecule has 0 spiro atoms. The van der Waals surface area contributed by atoms with Crippen molar-refractivity contribution in [3.05, 3.63) is 59.7 Å². The van der Waals surface area contributed by atoms with Crippen LogP contribution in [-0.4, -0.2) is 44.2 Å². The summed E-state index contributed by atoms with van der Waals surface area (Å²) in [6.45, 7) is 3.92. The Morgan fingerprint density at radius 1 is 1.15 bits per heavy atom. The summed E-state index contributed by atoms with van der Waals surface area (Å²) in [5.74, 6) is 1.10. The number of carbonyl (C=O) groups is 1. The third kappa shape index (κ3) is 4.55. The lowest BCUT2D eigenvalue weighted by Crippen LogP contribution is -2.49. The molecule has 0 bridgehead atoms. The van der Waals surface area contributed by atoms with E-state index in [1.165, 1.54) is 11.1 Å². The van der Waals surface area contributed by atoms with Gasteiger partial charge in [0.05, 0.1) is 7.11 Å². The van der Waals surface area contributed by atoms with Crippen molar-refractivity contribution >= 4 is 11.7 Å². The molecule has 2 N–H and O–H groups in total. The highest BCUT2D eigenvalue weighted by Crippen LogP contribution is 2.28. The zero-order valence-electron chi connectivity index (χ0n) is 15.7. The molecular formula is C21H31N3O2. The van der Waals surface area contributed by atoms with Gasteiger partial charge in [0, 0.05) is 27.0 Å². The second-order valence-corrected chi connectivity index (χ2v) is 7.00. The van der Waals surface area contributed by atoms with E-state index in [1.807, 2.05) is 43.3 Å². The van der Waals surface area contributed by atoms with Gasteiger partial charge in [-0.1, -0.05) is 29.8 Å². The van der Waals surface area contributed by atoms with Gasteiger partial charge < -0.3 is 20.3 Å². The van der Waals surface area contributed by atoms with E-state index < -0.39 is 0 Å². The highest BCUT2D eigenvalue weighted by molar-refractivity contribution is 5.89. The number of carbonyl (C=O) groups excluding carboxylic acids is 1. The third-order valence-electron chi connectivity index (χ3n) is 4.99. The fraction of sp³-hybridized carbons (Fsp3) is 0.381. The minimum atomic E-state index is -0.151. The number of hydrogen-bond donors (Lipinski definition) is 2. The largest absolute Gasteiger partial charge is 0.497 e. The van der Waals surface area contributed by atoms with Crippen LogP contribution in [0.1, 0.15) is 26.3 Å². The van der Waals surface area contributed by atoms with Crippen LogP contribution in [-0.2, 0) is 0 Å². The first-order valence-electron chi connectivity index (χ1n) is 9.02. The first-order chi connectivity index (χ1) is 12.5. The lowest BCUT2D eigenvalue weighted by atomic mass is 9.86. The molecule has 2 unspecified atom stereocenters. The Kier molecular flexibility index (Phi) is 5.78. The summed E-state index contributed by atoms with van der Waals surface area (Å²) in [5.41, 5.74) is 3.20. The van der Waals surface area contributed by atoms with Gasteiger partial charge in [-0.05, 0) is 56.8 Å². The number of likely N-dealkylation sites (N-methyl/N-ethyl adjacent to an activating group) is 1. The molecule has 0 aromatic heterocycles. The Labute approximate surface area is 158 Å². The van der Waals surface area contributed by atoms with E-state index in [1.54, 1.807) is 7.11 Å². The van der Waals surface area contributed by atoms with E-state index >= 15 is 0 Å². The highest BCUT2D eigenvalue weighted by atomic mass is 16.5. The molecule has 1 heterocycles. The van der Waals surface area contributed by atoms with Crippen molar-refractivity contribution < 1.29 is 12.4 Å². The summed E-state index contributed by atoms with van der Waals surface area (Å²) in [4.78, 5) is 14.8. The molecule has 142 valence electrons. The average molecular weight is 357 g/mol. The quantitative estimate of drug-likeness (QED) is 0.866. The molecule has 0 radical (unpaired) electrons. The first-order valence-corrected chi connectivity index (χ1v) is 9.02. The van der Waals surface area contributed by atoms with Gasteiger partial charge in [0.1, 0.15) is 5.75 Å². The fourth-order valence-corrected chi connectivity index (χ4v) is 3.45. The molecule has 2 aromatic rings. The highest BCUT2D eigenvalue weighted by Gasteiger charge is 2.30. The second-order valence-electron chi connectivity index (χ2n) is 7.00. The Hall–Kier alpha value is -2.53. The predicted molar refractivity (Wildman–Crippen MR) is 109 cm³/mol. The number of likely N-dealkylation sites (tertiary alicyclic amines) is 1. The molecular weight excluding hydrogens is 326 g/mol. The van der Waals surface area contributed by atoms with Crippen LogP contribution in [0.5, 0.6) is 5.75 Å². The number of piperidine rings is 1. The Balaban J connectivity index is 0.00000196. The maximum Gasteiger partial charge on any atom is 0.319 e. The van der Waals surface area contributed by atoms with E-state index in [2.05, 4.69) is 34.7 Å². The molecule has 5 nitrogen and oxygen atoms in total. The molecule has 3 rings (SSSR count). The van der Waals surface area contributed by atoms with Gasteiger partial charge in [-0.3, -0.25) is 0 Å². The normalized spacial score (nSPS) is 20.4. The molecule has 2 atom stereocenters. The van der Waals surface area contributed by atoms with Crippen molar-refractivity contribution in [2.75, 3.05) is 32.6 Å². The average Bonchev–Trinajstić information content (AvgIpc) is 2.65. The number of methoxy groups -OCH3 is 1. The molecule has 1 saturated heterocycles. The Bertz CT molecular complexity index is 738. The van der Waals surface area contributed by atoms with Crippen LogP contribution in [0, 0.1) is 6.92 Å². The molecule has 1 aliphatic rings. The number of aryl methyl sites for hydroxylation is 1. The zero-order chi connectivity index (χ0) is 18.5. The van der Waals surface area contributed by atoms with E-state index in [0.717, 1.165) is 30.9 Å². The molecule has 1 fully saturated rings. The van der Waals surface area contributed by atoms with Crippen LogP contribution in [0.25, 0.3) is 0 Å². The van der Waals surface area contributed by atoms with Gasteiger partial charge in [-0.15, -0.1) is 0 Å². The molecule has 2 aromatic carbocycles. The van der Waals surface area contributed by atoms with Crippen LogP contribution >= 0.6 is 0 Å². The van der Waals surface area contributed by atoms with Crippen molar-refractivity contribution in [2.24, 2.45) is 0 Å². The maximum atomic E-state index is 12.5. The van der Waals surface area contributed by atoms with Gasteiger partial charge in [-0.2, -0.15) is 0 Å². The van der Waals surface area contributed by atoms with Crippen LogP contribution in [0.3, 0.4) is 0 Å². The lowest BCUT2D eigenvalue weighted by molar-refractivity contribution is 0.202. The molecule has 2 amide bonds. The van der Waals surface area contributed by atoms with Crippen molar-refractivity contribution in [1.29, 1.82) is 0 Å². The summed E-state index contributed by atoms with van der Waals surface area (Å²) < 4.78 is 5.25. The number of urea groups is 1. The van der Waals surface area contributed by atoms with Crippen molar-refractivity contribution in [2.45, 2.75) is 25.3 Å². The summed E-state index contributed by atoms with van der Waals surface area (Å²) >= 11 is 0. The van der Waals surface area contributed by atoms with Crippen molar-refractivity contribution in [1.82, 2.24) is 10.2 Å². The molecule has 26 heavy (non-hydrogen) atoms. The van der Waals surface area contributed by atoms with Gasteiger partial charge in [0.15, 0.2) is 0 Å². The topological polar surface area (TPSA) is 53.6 Å². The fourth-order valence-electron chi connectivity index (χ4n) is 3.45. The Morgan fingerprint density at radius 3 is 2.50 bits per heavy atom. The van der Waals surface area contributed by atoms with Crippen LogP contribution in [0.4, 0.5) is 10.5 Å². The molecule has 1 aliphatic heterocycles. The van der Waals surface area contributed by atoms with E-state index in [0.29, 0.717) is 0 Å². The number of benzene rings is 2. The van der Waals surface area contributed by atoms with Gasteiger partial charge in [0.2, 0.25) is 0 Å². The summed E-state index contributed by atoms with van der Waals surface area (Å²) in [6.07, 6.45) is 0.925. The number of amides is 2. The number of anilines is 1. The molecule has 0 aliphatic carbocycles. The van der Waals surface area contributed by atoms with Crippen LogP contribution in [0.2, 0.25) is 0 Å².